The largest absolute Gasteiger partial charge is 0.370 e. The lowest BCUT2D eigenvalue weighted by molar-refractivity contribution is -0.384. The van der Waals surface area contributed by atoms with Crippen LogP contribution in [0.5, 0.6) is 0 Å². The Morgan fingerprint density at radius 3 is 2.43 bits per heavy atom. The molecule has 3 N–H and O–H groups in total. The van der Waals surface area contributed by atoms with E-state index in [4.69, 9.17) is 5.84 Å². The first-order valence-electron chi connectivity index (χ1n) is 6.99. The molecule has 0 aliphatic carbocycles. The fourth-order valence-electron chi connectivity index (χ4n) is 2.05. The van der Waals surface area contributed by atoms with Crippen molar-refractivity contribution in [2.45, 2.75) is 13.8 Å². The summed E-state index contributed by atoms with van der Waals surface area (Å²) in [6.45, 7) is 6.76. The summed E-state index contributed by atoms with van der Waals surface area (Å²) in [5.41, 5.74) is 3.89. The molecule has 1 rings (SSSR count). The van der Waals surface area contributed by atoms with Crippen molar-refractivity contribution in [3.05, 3.63) is 28.3 Å². The Labute approximate surface area is 125 Å². The number of nitro benzene ring substituents is 1. The summed E-state index contributed by atoms with van der Waals surface area (Å²) in [5, 5.41) is 11.0. The zero-order valence-electron chi connectivity index (χ0n) is 13.2. The predicted octanol–water partition coefficient (Wildman–Crippen LogP) is 1.90. The minimum absolute atomic E-state index is 0.0408. The molecule has 0 aromatic heterocycles. The van der Waals surface area contributed by atoms with Crippen LogP contribution in [-0.4, -0.2) is 43.6 Å². The van der Waals surface area contributed by atoms with Gasteiger partial charge in [0.25, 0.3) is 5.69 Å². The number of nitrogens with two attached hydrogens (primary N) is 1. The van der Waals surface area contributed by atoms with Crippen LogP contribution in [0.3, 0.4) is 0 Å². The van der Waals surface area contributed by atoms with Crippen molar-refractivity contribution in [2.75, 3.05) is 44.1 Å². The normalized spacial score (nSPS) is 11.0. The van der Waals surface area contributed by atoms with Gasteiger partial charge in [-0.1, -0.05) is 13.8 Å². The average molecular weight is 295 g/mol. The van der Waals surface area contributed by atoms with Crippen molar-refractivity contribution in [3.63, 3.8) is 0 Å². The van der Waals surface area contributed by atoms with Gasteiger partial charge in [-0.2, -0.15) is 0 Å². The van der Waals surface area contributed by atoms with Gasteiger partial charge < -0.3 is 15.2 Å². The summed E-state index contributed by atoms with van der Waals surface area (Å²) < 4.78 is 0. The monoisotopic (exact) mass is 295 g/mol. The highest BCUT2D eigenvalue weighted by molar-refractivity contribution is 5.64. The summed E-state index contributed by atoms with van der Waals surface area (Å²) in [7, 11) is 4.02. The minimum Gasteiger partial charge on any atom is -0.370 e. The van der Waals surface area contributed by atoms with E-state index < -0.39 is 4.92 Å². The molecule has 0 fully saturated rings. The predicted molar refractivity (Wildman–Crippen MR) is 86.5 cm³/mol. The SMILES string of the molecule is CC(C)CN(CCN(C)C)c1cc(NN)cc([N+](=O)[O-])c1. The molecule has 0 radical (unpaired) electrons. The van der Waals surface area contributed by atoms with Crippen LogP contribution in [-0.2, 0) is 0 Å². The zero-order chi connectivity index (χ0) is 16.0. The second kappa shape index (κ2) is 7.80. The van der Waals surface area contributed by atoms with Crippen molar-refractivity contribution in [2.24, 2.45) is 11.8 Å². The second-order valence-electron chi connectivity index (χ2n) is 5.78. The smallest absolute Gasteiger partial charge is 0.273 e. The maximum atomic E-state index is 11.0. The Morgan fingerprint density at radius 2 is 1.95 bits per heavy atom. The van der Waals surface area contributed by atoms with Gasteiger partial charge in [-0.05, 0) is 26.1 Å². The number of nitrogen functional groups attached to an aromatic ring is 1. The summed E-state index contributed by atoms with van der Waals surface area (Å²) in [5.74, 6) is 5.87. The van der Waals surface area contributed by atoms with Crippen molar-refractivity contribution in [1.29, 1.82) is 0 Å². The molecule has 0 heterocycles. The molecular formula is C14H25N5O2. The number of hydrazine groups is 1. The Morgan fingerprint density at radius 1 is 1.29 bits per heavy atom. The third-order valence-corrected chi connectivity index (χ3v) is 3.05. The molecule has 0 saturated carbocycles. The third kappa shape index (κ3) is 5.57. The molecule has 1 aromatic rings. The lowest BCUT2D eigenvalue weighted by atomic mass is 10.1. The number of anilines is 2. The standard InChI is InChI=1S/C14H25N5O2/c1-11(2)10-18(6-5-17(3)4)13-7-12(16-15)8-14(9-13)19(20)21/h7-9,11,16H,5-6,10,15H2,1-4H3. The number of rotatable bonds is 8. The fraction of sp³-hybridized carbons (Fsp3) is 0.571. The first-order chi connectivity index (χ1) is 9.83. The highest BCUT2D eigenvalue weighted by atomic mass is 16.6. The number of nitro groups is 1. The van der Waals surface area contributed by atoms with Gasteiger partial charge in [0.2, 0.25) is 0 Å². The van der Waals surface area contributed by atoms with Gasteiger partial charge >= 0.3 is 0 Å². The maximum Gasteiger partial charge on any atom is 0.273 e. The van der Waals surface area contributed by atoms with Gasteiger partial charge in [0.1, 0.15) is 0 Å². The first kappa shape index (κ1) is 17.2. The summed E-state index contributed by atoms with van der Waals surface area (Å²) in [6, 6.07) is 4.87. The molecule has 0 atom stereocenters. The highest BCUT2D eigenvalue weighted by Crippen LogP contribution is 2.27. The topological polar surface area (TPSA) is 87.7 Å². The van der Waals surface area contributed by atoms with E-state index in [0.717, 1.165) is 25.3 Å². The quantitative estimate of drug-likeness (QED) is 0.433. The van der Waals surface area contributed by atoms with Gasteiger partial charge in [-0.15, -0.1) is 0 Å². The zero-order valence-corrected chi connectivity index (χ0v) is 13.2. The van der Waals surface area contributed by atoms with E-state index in [0.29, 0.717) is 11.6 Å². The minimum atomic E-state index is -0.399. The molecule has 21 heavy (non-hydrogen) atoms. The van der Waals surface area contributed by atoms with Crippen LogP contribution in [0.25, 0.3) is 0 Å². The van der Waals surface area contributed by atoms with Gasteiger partial charge in [-0.25, -0.2) is 0 Å². The summed E-state index contributed by atoms with van der Waals surface area (Å²) in [6.07, 6.45) is 0. The molecule has 7 heteroatoms. The van der Waals surface area contributed by atoms with Crippen molar-refractivity contribution in [3.8, 4) is 0 Å². The van der Waals surface area contributed by atoms with Crippen LogP contribution in [0.15, 0.2) is 18.2 Å². The van der Waals surface area contributed by atoms with Crippen molar-refractivity contribution in [1.82, 2.24) is 4.90 Å². The number of nitrogens with zero attached hydrogens (tertiary/aromatic N) is 3. The average Bonchev–Trinajstić information content (AvgIpc) is 2.42. The molecule has 1 aromatic carbocycles. The Hall–Kier alpha value is -1.86. The molecule has 7 nitrogen and oxygen atoms in total. The number of hydrogen-bond donors (Lipinski definition) is 2. The molecule has 0 spiro atoms. The highest BCUT2D eigenvalue weighted by Gasteiger charge is 2.15. The van der Waals surface area contributed by atoms with Gasteiger partial charge in [0, 0.05) is 37.5 Å². The number of non-ortho nitro benzene ring substituents is 1. The maximum absolute atomic E-state index is 11.0. The van der Waals surface area contributed by atoms with E-state index in [9.17, 15) is 10.1 Å². The number of benzene rings is 1. The molecule has 0 bridgehead atoms. The first-order valence-corrected chi connectivity index (χ1v) is 6.99. The molecule has 118 valence electrons. The van der Waals surface area contributed by atoms with Crippen LogP contribution in [0.4, 0.5) is 17.1 Å². The third-order valence-electron chi connectivity index (χ3n) is 3.05. The lowest BCUT2D eigenvalue weighted by Crippen LogP contribution is -2.34. The van der Waals surface area contributed by atoms with Crippen molar-refractivity contribution >= 4 is 17.1 Å². The van der Waals surface area contributed by atoms with Gasteiger partial charge in [0.15, 0.2) is 0 Å². The molecule has 0 unspecified atom stereocenters. The molecule has 0 aliphatic rings. The Bertz CT molecular complexity index is 476. The number of hydrogen-bond acceptors (Lipinski definition) is 6. The second-order valence-corrected chi connectivity index (χ2v) is 5.78. The molecule has 0 aliphatic heterocycles. The van der Waals surface area contributed by atoms with E-state index in [2.05, 4.69) is 29.1 Å². The van der Waals surface area contributed by atoms with E-state index in [1.165, 1.54) is 6.07 Å². The van der Waals surface area contributed by atoms with E-state index >= 15 is 0 Å². The van der Waals surface area contributed by atoms with Crippen LogP contribution < -0.4 is 16.2 Å². The summed E-state index contributed by atoms with van der Waals surface area (Å²) >= 11 is 0. The van der Waals surface area contributed by atoms with E-state index in [-0.39, 0.29) is 5.69 Å². The Balaban J connectivity index is 3.09. The van der Waals surface area contributed by atoms with Crippen LogP contribution in [0.2, 0.25) is 0 Å². The Kier molecular flexibility index (Phi) is 6.39. The lowest BCUT2D eigenvalue weighted by Gasteiger charge is -2.28. The van der Waals surface area contributed by atoms with Crippen molar-refractivity contribution < 1.29 is 4.92 Å². The van der Waals surface area contributed by atoms with Gasteiger partial charge in [-0.3, -0.25) is 16.0 Å². The van der Waals surface area contributed by atoms with Crippen LogP contribution >= 0.6 is 0 Å². The molecule has 0 amide bonds. The van der Waals surface area contributed by atoms with Gasteiger partial charge in [0.05, 0.1) is 10.6 Å². The van der Waals surface area contributed by atoms with Crippen LogP contribution in [0, 0.1) is 16.0 Å². The number of likely N-dealkylation sites (N-methyl/N-ethyl adjacent to an activating group) is 1. The van der Waals surface area contributed by atoms with Crippen LogP contribution in [0.1, 0.15) is 13.8 Å². The molecule has 0 saturated heterocycles. The summed E-state index contributed by atoms with van der Waals surface area (Å²) in [4.78, 5) is 14.9. The van der Waals surface area contributed by atoms with E-state index in [1.807, 2.05) is 20.2 Å². The molecular weight excluding hydrogens is 270 g/mol. The fourth-order valence-corrected chi connectivity index (χ4v) is 2.05. The number of nitrogens with one attached hydrogen (secondary N) is 1. The van der Waals surface area contributed by atoms with E-state index in [1.54, 1.807) is 6.07 Å².